The van der Waals surface area contributed by atoms with Gasteiger partial charge in [0.05, 0.1) is 0 Å². The predicted octanol–water partition coefficient (Wildman–Crippen LogP) is 5.10. The van der Waals surface area contributed by atoms with Crippen molar-refractivity contribution in [3.63, 3.8) is 0 Å². The van der Waals surface area contributed by atoms with E-state index < -0.39 is 0 Å². The number of benzene rings is 3. The normalized spacial score (nSPS) is 8.46. The van der Waals surface area contributed by atoms with Crippen LogP contribution < -0.4 is 0 Å². The second kappa shape index (κ2) is 16.9. The summed E-state index contributed by atoms with van der Waals surface area (Å²) in [6.45, 7) is 7.54. The number of hydrogen-bond acceptors (Lipinski definition) is 4. The summed E-state index contributed by atoms with van der Waals surface area (Å²) in [6, 6.07) is 21.8. The smallest absolute Gasteiger partial charge is 0.118 e. The summed E-state index contributed by atoms with van der Waals surface area (Å²) in [4.78, 5) is 0. The first-order valence-corrected chi connectivity index (χ1v) is 8.68. The number of phenols is 3. The van der Waals surface area contributed by atoms with Crippen molar-refractivity contribution in [2.24, 2.45) is 0 Å². The van der Waals surface area contributed by atoms with E-state index in [-0.39, 0.29) is 28.3 Å². The molecule has 0 heterocycles. The standard InChI is InChI=1S/3C7H8O.C2H6O.Ti/c3*1-6-4-2-3-5-7(6)8;1-2-3;/h3*2-5,8H,1H3;3H,2H2,1H3;. The number of aliphatic hydroxyl groups excluding tert-OH is 1. The monoisotopic (exact) mass is 418 g/mol. The van der Waals surface area contributed by atoms with Crippen molar-refractivity contribution in [1.82, 2.24) is 0 Å². The van der Waals surface area contributed by atoms with Gasteiger partial charge < -0.3 is 20.4 Å². The molecule has 0 aliphatic rings. The van der Waals surface area contributed by atoms with Gasteiger partial charge in [0.2, 0.25) is 0 Å². The maximum absolute atomic E-state index is 8.92. The van der Waals surface area contributed by atoms with Gasteiger partial charge in [0, 0.05) is 28.3 Å². The van der Waals surface area contributed by atoms with Crippen LogP contribution in [0.5, 0.6) is 17.2 Å². The van der Waals surface area contributed by atoms with E-state index in [1.165, 1.54) is 0 Å². The molecule has 0 unspecified atom stereocenters. The zero-order valence-electron chi connectivity index (χ0n) is 16.9. The van der Waals surface area contributed by atoms with Gasteiger partial charge in [-0.2, -0.15) is 0 Å². The van der Waals surface area contributed by atoms with Crippen LogP contribution in [0.3, 0.4) is 0 Å². The number of aromatic hydroxyl groups is 3. The minimum absolute atomic E-state index is 0. The van der Waals surface area contributed by atoms with E-state index in [0.29, 0.717) is 17.2 Å². The molecule has 3 aromatic carbocycles. The van der Waals surface area contributed by atoms with Gasteiger partial charge in [0.1, 0.15) is 17.2 Å². The third-order valence-corrected chi connectivity index (χ3v) is 3.35. The Morgan fingerprint density at radius 3 is 0.821 bits per heavy atom. The Bertz CT molecular complexity index is 609. The summed E-state index contributed by atoms with van der Waals surface area (Å²) >= 11 is 0. The molecule has 0 saturated heterocycles. The van der Waals surface area contributed by atoms with E-state index in [2.05, 4.69) is 0 Å². The molecule has 0 amide bonds. The topological polar surface area (TPSA) is 80.9 Å². The van der Waals surface area contributed by atoms with Crippen LogP contribution in [0.2, 0.25) is 0 Å². The van der Waals surface area contributed by atoms with E-state index >= 15 is 0 Å². The van der Waals surface area contributed by atoms with Crippen molar-refractivity contribution < 1.29 is 42.1 Å². The van der Waals surface area contributed by atoms with Gasteiger partial charge in [0.15, 0.2) is 0 Å². The Kier molecular flexibility index (Phi) is 16.8. The largest absolute Gasteiger partial charge is 0.508 e. The second-order valence-electron chi connectivity index (χ2n) is 5.68. The minimum atomic E-state index is 0. The van der Waals surface area contributed by atoms with Crippen LogP contribution in [-0.2, 0) is 21.7 Å². The Hall–Kier alpha value is -2.27. The molecule has 0 atom stereocenters. The summed E-state index contributed by atoms with van der Waals surface area (Å²) in [7, 11) is 0. The fraction of sp³-hybridized carbons (Fsp3) is 0.217. The average Bonchev–Trinajstić information content (AvgIpc) is 2.64. The number of hydrogen-bond donors (Lipinski definition) is 4. The number of para-hydroxylation sites is 3. The molecule has 0 spiro atoms. The van der Waals surface area contributed by atoms with Crippen molar-refractivity contribution >= 4 is 0 Å². The SMILES string of the molecule is CCO.Cc1ccccc1O.Cc1ccccc1O.Cc1ccccc1O.[Ti]. The molecule has 0 aliphatic carbocycles. The number of phenolic OH excluding ortho intramolecular Hbond substituents is 3. The van der Waals surface area contributed by atoms with Crippen molar-refractivity contribution in [2.45, 2.75) is 27.7 Å². The maximum atomic E-state index is 8.92. The molecular formula is C23H30O4Ti. The van der Waals surface area contributed by atoms with Crippen molar-refractivity contribution in [1.29, 1.82) is 0 Å². The van der Waals surface area contributed by atoms with Gasteiger partial charge in [-0.25, -0.2) is 0 Å². The third kappa shape index (κ3) is 13.0. The van der Waals surface area contributed by atoms with Crippen molar-refractivity contribution in [3.8, 4) is 17.2 Å². The fourth-order valence-corrected chi connectivity index (χ4v) is 1.69. The van der Waals surface area contributed by atoms with Crippen LogP contribution in [0.1, 0.15) is 23.6 Å². The van der Waals surface area contributed by atoms with Gasteiger partial charge in [0.25, 0.3) is 0 Å². The molecule has 0 aliphatic heterocycles. The van der Waals surface area contributed by atoms with E-state index in [1.54, 1.807) is 25.1 Å². The fourth-order valence-electron chi connectivity index (χ4n) is 1.69. The molecule has 5 heteroatoms. The van der Waals surface area contributed by atoms with E-state index in [4.69, 9.17) is 20.4 Å². The first kappa shape index (κ1) is 27.9. The molecular weight excluding hydrogens is 388 g/mol. The summed E-state index contributed by atoms with van der Waals surface area (Å²) in [6.07, 6.45) is 0. The first-order chi connectivity index (χ1) is 12.8. The molecule has 0 saturated carbocycles. The quantitative estimate of drug-likeness (QED) is 0.383. The van der Waals surface area contributed by atoms with Crippen molar-refractivity contribution in [2.75, 3.05) is 6.61 Å². The second-order valence-corrected chi connectivity index (χ2v) is 5.68. The first-order valence-electron chi connectivity index (χ1n) is 8.68. The molecule has 0 radical (unpaired) electrons. The van der Waals surface area contributed by atoms with E-state index in [0.717, 1.165) is 16.7 Å². The van der Waals surface area contributed by atoms with Crippen LogP contribution >= 0.6 is 0 Å². The zero-order valence-corrected chi connectivity index (χ0v) is 18.5. The summed E-state index contributed by atoms with van der Waals surface area (Å²) in [5.74, 6) is 1.10. The third-order valence-electron chi connectivity index (χ3n) is 3.35. The number of rotatable bonds is 0. The van der Waals surface area contributed by atoms with Crippen LogP contribution in [0.25, 0.3) is 0 Å². The van der Waals surface area contributed by atoms with Crippen LogP contribution in [0.15, 0.2) is 72.8 Å². The number of aryl methyl sites for hydroxylation is 3. The molecule has 0 aromatic heterocycles. The Balaban J connectivity index is 0. The van der Waals surface area contributed by atoms with E-state index in [1.807, 2.05) is 75.4 Å². The Morgan fingerprint density at radius 2 is 0.714 bits per heavy atom. The molecule has 3 aromatic rings. The summed E-state index contributed by atoms with van der Waals surface area (Å²) in [5, 5.41) is 34.3. The molecule has 28 heavy (non-hydrogen) atoms. The molecule has 0 fully saturated rings. The zero-order chi connectivity index (χ0) is 20.7. The Labute approximate surface area is 183 Å². The van der Waals surface area contributed by atoms with Crippen molar-refractivity contribution in [3.05, 3.63) is 89.5 Å². The maximum Gasteiger partial charge on any atom is 0.118 e. The molecule has 4 nitrogen and oxygen atoms in total. The van der Waals surface area contributed by atoms with Gasteiger partial charge in [-0.15, -0.1) is 0 Å². The molecule has 4 N–H and O–H groups in total. The summed E-state index contributed by atoms with van der Waals surface area (Å²) in [5.41, 5.74) is 2.77. The summed E-state index contributed by atoms with van der Waals surface area (Å²) < 4.78 is 0. The molecule has 3 rings (SSSR count). The molecule has 0 bridgehead atoms. The van der Waals surface area contributed by atoms with Crippen LogP contribution in [0, 0.1) is 20.8 Å². The Morgan fingerprint density at radius 1 is 0.536 bits per heavy atom. The van der Waals surface area contributed by atoms with Gasteiger partial charge in [-0.1, -0.05) is 54.6 Å². The van der Waals surface area contributed by atoms with E-state index in [9.17, 15) is 0 Å². The average molecular weight is 418 g/mol. The number of aliphatic hydroxyl groups is 1. The minimum Gasteiger partial charge on any atom is -0.508 e. The predicted molar refractivity (Wildman–Crippen MR) is 111 cm³/mol. The van der Waals surface area contributed by atoms with Gasteiger partial charge in [-0.05, 0) is 62.6 Å². The van der Waals surface area contributed by atoms with Gasteiger partial charge in [-0.3, -0.25) is 0 Å². The van der Waals surface area contributed by atoms with Crippen LogP contribution in [-0.4, -0.2) is 27.0 Å². The van der Waals surface area contributed by atoms with Crippen LogP contribution in [0.4, 0.5) is 0 Å². The molecule has 150 valence electrons. The van der Waals surface area contributed by atoms with Gasteiger partial charge >= 0.3 is 0 Å².